The van der Waals surface area contributed by atoms with E-state index in [9.17, 15) is 4.79 Å². The van der Waals surface area contributed by atoms with E-state index in [2.05, 4.69) is 12.2 Å². The highest BCUT2D eigenvalue weighted by Gasteiger charge is 2.22. The lowest BCUT2D eigenvalue weighted by Gasteiger charge is -2.10. The predicted molar refractivity (Wildman–Crippen MR) is 53.1 cm³/mol. The van der Waals surface area contributed by atoms with Crippen LogP contribution in [-0.2, 0) is 14.3 Å². The molecule has 1 fully saturated rings. The predicted octanol–water partition coefficient (Wildman–Crippen LogP) is 0.708. The van der Waals surface area contributed by atoms with Crippen molar-refractivity contribution in [1.29, 1.82) is 0 Å². The Kier molecular flexibility index (Phi) is 5.56. The van der Waals surface area contributed by atoms with Crippen molar-refractivity contribution in [2.45, 2.75) is 32.2 Å². The quantitative estimate of drug-likeness (QED) is 0.508. The number of carbonyl (C=O) groups excluding carboxylic acids is 1. The van der Waals surface area contributed by atoms with E-state index in [1.54, 1.807) is 0 Å². The average Bonchev–Trinajstić information content (AvgIpc) is 2.70. The molecule has 1 heterocycles. The molecule has 0 aromatic heterocycles. The molecule has 0 radical (unpaired) electrons. The second-order valence-electron chi connectivity index (χ2n) is 3.43. The van der Waals surface area contributed by atoms with Crippen LogP contribution in [0.4, 0.5) is 0 Å². The Labute approximate surface area is 85.0 Å². The van der Waals surface area contributed by atoms with Crippen molar-refractivity contribution in [1.82, 2.24) is 5.32 Å². The van der Waals surface area contributed by atoms with Crippen molar-refractivity contribution in [3.8, 4) is 0 Å². The van der Waals surface area contributed by atoms with Crippen LogP contribution in [0.25, 0.3) is 0 Å². The van der Waals surface area contributed by atoms with E-state index in [4.69, 9.17) is 9.47 Å². The molecule has 1 atom stereocenters. The van der Waals surface area contributed by atoms with Gasteiger partial charge >= 0.3 is 5.97 Å². The standard InChI is InChI=1S/C10H19NO3/c1-2-6-13-7-8-14-10(12)9-4-3-5-11-9/h9,11H,2-8H2,1H3/t9-/m1/s1. The first-order chi connectivity index (χ1) is 6.84. The van der Waals surface area contributed by atoms with Gasteiger partial charge in [0.15, 0.2) is 0 Å². The SMILES string of the molecule is CCCOCCOC(=O)[C@H]1CCCN1. The van der Waals surface area contributed by atoms with E-state index in [1.165, 1.54) is 0 Å². The highest BCUT2D eigenvalue weighted by molar-refractivity contribution is 5.76. The Morgan fingerprint density at radius 3 is 2.93 bits per heavy atom. The summed E-state index contributed by atoms with van der Waals surface area (Å²) in [6, 6.07) is -0.0822. The third-order valence-electron chi connectivity index (χ3n) is 2.17. The van der Waals surface area contributed by atoms with E-state index in [1.807, 2.05) is 0 Å². The molecule has 14 heavy (non-hydrogen) atoms. The second kappa shape index (κ2) is 6.79. The Hall–Kier alpha value is -0.610. The fourth-order valence-corrected chi connectivity index (χ4v) is 1.43. The number of rotatable bonds is 6. The summed E-state index contributed by atoms with van der Waals surface area (Å²) in [5.74, 6) is -0.136. The van der Waals surface area contributed by atoms with E-state index < -0.39 is 0 Å². The van der Waals surface area contributed by atoms with Gasteiger partial charge in [-0.05, 0) is 25.8 Å². The van der Waals surface area contributed by atoms with Crippen LogP contribution < -0.4 is 5.32 Å². The molecule has 0 unspecified atom stereocenters. The zero-order valence-corrected chi connectivity index (χ0v) is 8.75. The van der Waals surface area contributed by atoms with Crippen LogP contribution in [0.5, 0.6) is 0 Å². The smallest absolute Gasteiger partial charge is 0.323 e. The first kappa shape index (κ1) is 11.5. The van der Waals surface area contributed by atoms with Crippen LogP contribution in [0.3, 0.4) is 0 Å². The van der Waals surface area contributed by atoms with Crippen LogP contribution in [0.1, 0.15) is 26.2 Å². The number of ether oxygens (including phenoxy) is 2. The summed E-state index contributed by atoms with van der Waals surface area (Å²) in [6.45, 7) is 4.59. The van der Waals surface area contributed by atoms with Crippen molar-refractivity contribution < 1.29 is 14.3 Å². The first-order valence-electron chi connectivity index (χ1n) is 5.32. The van der Waals surface area contributed by atoms with E-state index in [-0.39, 0.29) is 12.0 Å². The summed E-state index contributed by atoms with van der Waals surface area (Å²) in [5, 5.41) is 3.09. The van der Waals surface area contributed by atoms with E-state index >= 15 is 0 Å². The van der Waals surface area contributed by atoms with Gasteiger partial charge < -0.3 is 14.8 Å². The third kappa shape index (κ3) is 4.07. The van der Waals surface area contributed by atoms with Crippen LogP contribution in [-0.4, -0.2) is 38.4 Å². The van der Waals surface area contributed by atoms with Crippen LogP contribution >= 0.6 is 0 Å². The van der Waals surface area contributed by atoms with Crippen molar-refractivity contribution in [2.24, 2.45) is 0 Å². The zero-order valence-electron chi connectivity index (χ0n) is 8.75. The number of hydrogen-bond donors (Lipinski definition) is 1. The molecule has 1 aliphatic rings. The Balaban J connectivity index is 1.97. The summed E-state index contributed by atoms with van der Waals surface area (Å²) < 4.78 is 10.2. The molecule has 4 nitrogen and oxygen atoms in total. The molecule has 4 heteroatoms. The van der Waals surface area contributed by atoms with Gasteiger partial charge in [-0.1, -0.05) is 6.92 Å². The molecule has 1 rings (SSSR count). The Bertz CT molecular complexity index is 167. The Morgan fingerprint density at radius 1 is 1.43 bits per heavy atom. The summed E-state index contributed by atoms with van der Waals surface area (Å²) in [5.41, 5.74) is 0. The van der Waals surface area contributed by atoms with Crippen molar-refractivity contribution in [2.75, 3.05) is 26.4 Å². The third-order valence-corrected chi connectivity index (χ3v) is 2.17. The van der Waals surface area contributed by atoms with Gasteiger partial charge in [-0.25, -0.2) is 0 Å². The summed E-state index contributed by atoms with van der Waals surface area (Å²) in [6.07, 6.45) is 2.96. The molecular weight excluding hydrogens is 182 g/mol. The maximum Gasteiger partial charge on any atom is 0.323 e. The maximum absolute atomic E-state index is 11.3. The molecule has 0 aliphatic carbocycles. The lowest BCUT2D eigenvalue weighted by Crippen LogP contribution is -2.33. The zero-order chi connectivity index (χ0) is 10.2. The van der Waals surface area contributed by atoms with Gasteiger partial charge in [0.05, 0.1) is 6.61 Å². The first-order valence-corrected chi connectivity index (χ1v) is 5.32. The second-order valence-corrected chi connectivity index (χ2v) is 3.43. The minimum absolute atomic E-state index is 0.0822. The lowest BCUT2D eigenvalue weighted by atomic mass is 10.2. The minimum atomic E-state index is -0.136. The summed E-state index contributed by atoms with van der Waals surface area (Å²) in [7, 11) is 0. The van der Waals surface area contributed by atoms with Gasteiger partial charge in [0.2, 0.25) is 0 Å². The van der Waals surface area contributed by atoms with E-state index in [0.29, 0.717) is 13.2 Å². The van der Waals surface area contributed by atoms with Crippen molar-refractivity contribution in [3.63, 3.8) is 0 Å². The summed E-state index contributed by atoms with van der Waals surface area (Å²) >= 11 is 0. The lowest BCUT2D eigenvalue weighted by molar-refractivity contribution is -0.147. The molecule has 82 valence electrons. The molecule has 0 amide bonds. The topological polar surface area (TPSA) is 47.6 Å². The van der Waals surface area contributed by atoms with Gasteiger partial charge in [-0.2, -0.15) is 0 Å². The molecule has 0 bridgehead atoms. The van der Waals surface area contributed by atoms with Crippen molar-refractivity contribution >= 4 is 5.97 Å². The minimum Gasteiger partial charge on any atom is -0.462 e. The van der Waals surface area contributed by atoms with Gasteiger partial charge in [-0.15, -0.1) is 0 Å². The highest BCUT2D eigenvalue weighted by Crippen LogP contribution is 2.06. The summed E-state index contributed by atoms with van der Waals surface area (Å²) in [4.78, 5) is 11.3. The number of esters is 1. The number of hydrogen-bond acceptors (Lipinski definition) is 4. The van der Waals surface area contributed by atoms with Gasteiger partial charge in [0.25, 0.3) is 0 Å². The maximum atomic E-state index is 11.3. The van der Waals surface area contributed by atoms with E-state index in [0.717, 1.165) is 32.4 Å². The highest BCUT2D eigenvalue weighted by atomic mass is 16.6. The van der Waals surface area contributed by atoms with Gasteiger partial charge in [0, 0.05) is 6.61 Å². The molecule has 0 spiro atoms. The fraction of sp³-hybridized carbons (Fsp3) is 0.900. The van der Waals surface area contributed by atoms with Gasteiger partial charge in [0.1, 0.15) is 12.6 Å². The molecule has 1 saturated heterocycles. The van der Waals surface area contributed by atoms with Crippen LogP contribution in [0, 0.1) is 0 Å². The molecule has 1 N–H and O–H groups in total. The molecule has 1 aliphatic heterocycles. The molecule has 0 saturated carbocycles. The fourth-order valence-electron chi connectivity index (χ4n) is 1.43. The normalized spacial score (nSPS) is 21.1. The monoisotopic (exact) mass is 201 g/mol. The molecule has 0 aromatic carbocycles. The molecule has 0 aromatic rings. The Morgan fingerprint density at radius 2 is 2.29 bits per heavy atom. The van der Waals surface area contributed by atoms with Crippen LogP contribution in [0.2, 0.25) is 0 Å². The van der Waals surface area contributed by atoms with Crippen LogP contribution in [0.15, 0.2) is 0 Å². The molecular formula is C10H19NO3. The average molecular weight is 201 g/mol. The van der Waals surface area contributed by atoms with Crippen molar-refractivity contribution in [3.05, 3.63) is 0 Å². The number of nitrogens with one attached hydrogen (secondary N) is 1. The largest absolute Gasteiger partial charge is 0.462 e. The van der Waals surface area contributed by atoms with Gasteiger partial charge in [-0.3, -0.25) is 4.79 Å². The number of carbonyl (C=O) groups is 1.